The van der Waals surface area contributed by atoms with Gasteiger partial charge in [0.25, 0.3) is 0 Å². The van der Waals surface area contributed by atoms with Gasteiger partial charge in [-0.1, -0.05) is 26.0 Å². The van der Waals surface area contributed by atoms with E-state index >= 15 is 8.78 Å². The molecule has 0 spiro atoms. The number of hydrogen-bond donors (Lipinski definition) is 1. The number of carbonyl (C=O) groups is 2. The summed E-state index contributed by atoms with van der Waals surface area (Å²) in [6.45, 7) is 4.74. The number of allylic oxidation sites excluding steroid dienone is 4. The first kappa shape index (κ1) is 25.5. The number of rotatable bonds is 4. The van der Waals surface area contributed by atoms with Gasteiger partial charge in [0, 0.05) is 34.1 Å². The van der Waals surface area contributed by atoms with Gasteiger partial charge in [-0.3, -0.25) is 14.4 Å². The Morgan fingerprint density at radius 1 is 1.30 bits per heavy atom. The van der Waals surface area contributed by atoms with Gasteiger partial charge in [-0.15, -0.1) is 11.3 Å². The van der Waals surface area contributed by atoms with Crippen LogP contribution in [0.3, 0.4) is 0 Å². The highest BCUT2D eigenvalue weighted by atomic mass is 32.1. The highest BCUT2D eigenvalue weighted by Gasteiger charge is 2.83. The Morgan fingerprint density at radius 2 is 2.05 bits per heavy atom. The first-order chi connectivity index (χ1) is 17.4. The first-order valence-corrected chi connectivity index (χ1v) is 13.8. The lowest BCUT2D eigenvalue weighted by Crippen LogP contribution is -2.73. The normalized spacial score (nSPS) is 48.7. The van der Waals surface area contributed by atoms with Gasteiger partial charge in [-0.05, 0) is 60.8 Å². The number of carbonyl (C=O) groups excluding carboxylic acids is 2. The molecule has 9 heteroatoms. The number of aliphatic hydroxyl groups excluding tert-OH is 1. The van der Waals surface area contributed by atoms with E-state index < -0.39 is 69.9 Å². The molecular formula is C28H32F3NO4S. The summed E-state index contributed by atoms with van der Waals surface area (Å²) in [7, 11) is 0. The molecule has 0 amide bonds. The summed E-state index contributed by atoms with van der Waals surface area (Å²) in [6, 6.07) is 3.88. The Morgan fingerprint density at radius 3 is 2.73 bits per heavy atom. The monoisotopic (exact) mass is 535 g/mol. The Labute approximate surface area is 218 Å². The summed E-state index contributed by atoms with van der Waals surface area (Å²) >= 11 is 1.55. The Bertz CT molecular complexity index is 1220. The van der Waals surface area contributed by atoms with Crippen molar-refractivity contribution < 1.29 is 32.7 Å². The van der Waals surface area contributed by atoms with Crippen molar-refractivity contribution in [3.05, 3.63) is 46.2 Å². The third-order valence-electron chi connectivity index (χ3n) is 10.9. The summed E-state index contributed by atoms with van der Waals surface area (Å²) in [5.74, 6) is -2.53. The van der Waals surface area contributed by atoms with E-state index in [2.05, 4.69) is 0 Å². The van der Waals surface area contributed by atoms with Crippen molar-refractivity contribution in [2.75, 3.05) is 13.2 Å². The van der Waals surface area contributed by atoms with Crippen molar-refractivity contribution in [2.24, 2.45) is 28.1 Å². The van der Waals surface area contributed by atoms with Crippen LogP contribution < -0.4 is 0 Å². The van der Waals surface area contributed by atoms with Gasteiger partial charge in [0.1, 0.15) is 6.17 Å². The molecule has 1 aromatic heterocycles. The number of nitrogens with zero attached hydrogens (tertiary/aromatic N) is 1. The molecule has 200 valence electrons. The van der Waals surface area contributed by atoms with Crippen LogP contribution in [0.1, 0.15) is 44.9 Å². The maximum atomic E-state index is 17.6. The third kappa shape index (κ3) is 2.87. The van der Waals surface area contributed by atoms with Crippen molar-refractivity contribution in [3.63, 3.8) is 0 Å². The van der Waals surface area contributed by atoms with E-state index in [9.17, 15) is 19.1 Å². The minimum Gasteiger partial charge on any atom is -0.390 e. The van der Waals surface area contributed by atoms with Crippen LogP contribution in [0.4, 0.5) is 13.2 Å². The van der Waals surface area contributed by atoms with Crippen molar-refractivity contribution in [1.29, 1.82) is 0 Å². The lowest BCUT2D eigenvalue weighted by Gasteiger charge is -2.67. The minimum absolute atomic E-state index is 0.0520. The highest BCUT2D eigenvalue weighted by Crippen LogP contribution is 2.77. The van der Waals surface area contributed by atoms with E-state index in [4.69, 9.17) is 4.84 Å². The number of hydroxylamine groups is 2. The predicted octanol–water partition coefficient (Wildman–Crippen LogP) is 4.71. The number of thiophene rings is 1. The van der Waals surface area contributed by atoms with E-state index in [0.29, 0.717) is 19.5 Å². The van der Waals surface area contributed by atoms with Gasteiger partial charge < -0.3 is 5.11 Å². The third-order valence-corrected chi connectivity index (χ3v) is 11.7. The Hall–Kier alpha value is -1.81. The number of hydrogen-bond acceptors (Lipinski definition) is 6. The maximum Gasteiger partial charge on any atom is 0.198 e. The standard InChI is InChI=1S/C28H32F3NO4S/c1-24-7-6-17(33)9-19(24)20(30)10-21-25(2)11-16-14-32(15-18-5-4-8-37-18)36-28(16,23(35)13-29)26(25,3)12-22(34)27(21,24)31/h4-9,16,20-22,34H,10-15H2,1-3H3/t16-,20-,21-,22-,24-,25-,26-,27-,28-/m0/s1. The zero-order valence-electron chi connectivity index (χ0n) is 21.2. The fourth-order valence-electron chi connectivity index (χ4n) is 9.05. The van der Waals surface area contributed by atoms with Crippen LogP contribution in [0, 0.1) is 28.1 Å². The maximum absolute atomic E-state index is 17.6. The van der Waals surface area contributed by atoms with Gasteiger partial charge >= 0.3 is 0 Å². The molecule has 4 aliphatic carbocycles. The first-order valence-electron chi connectivity index (χ1n) is 12.9. The molecule has 5 aliphatic rings. The number of Topliss-reactive ketones (excluding diaryl/α,β-unsaturated/α-hetero) is 1. The molecule has 4 fully saturated rings. The minimum atomic E-state index is -2.28. The van der Waals surface area contributed by atoms with Gasteiger partial charge in [0.2, 0.25) is 0 Å². The molecule has 1 aliphatic heterocycles. The van der Waals surface area contributed by atoms with Crippen LogP contribution in [0.25, 0.3) is 0 Å². The van der Waals surface area contributed by atoms with Crippen LogP contribution in [-0.4, -0.2) is 58.5 Å². The second kappa shape index (κ2) is 7.87. The van der Waals surface area contributed by atoms with Crippen molar-refractivity contribution in [2.45, 2.75) is 70.1 Å². The van der Waals surface area contributed by atoms with Crippen LogP contribution in [-0.2, 0) is 21.0 Å². The van der Waals surface area contributed by atoms with E-state index in [1.807, 2.05) is 24.4 Å². The lowest BCUT2D eigenvalue weighted by atomic mass is 9.39. The molecule has 3 saturated carbocycles. The fourth-order valence-corrected chi connectivity index (χ4v) is 9.75. The second-order valence-corrected chi connectivity index (χ2v) is 13.2. The SMILES string of the molecule is C[C@]12C[C@H](O)[C@@]3(F)[C@@H](C[C@H](F)C4=CC(=O)C=C[C@@]43C)[C@]1(C)C[C@H]1CN(Cc3cccs3)O[C@]12C(=O)CF. The summed E-state index contributed by atoms with van der Waals surface area (Å²) in [5.41, 5.74) is -7.45. The average Bonchev–Trinajstić information content (AvgIpc) is 3.53. The Kier molecular flexibility index (Phi) is 5.42. The molecule has 0 radical (unpaired) electrons. The summed E-state index contributed by atoms with van der Waals surface area (Å²) in [4.78, 5) is 33.0. The molecule has 1 saturated heterocycles. The molecule has 0 unspecified atom stereocenters. The van der Waals surface area contributed by atoms with Gasteiger partial charge in [-0.2, -0.15) is 5.06 Å². The zero-order chi connectivity index (χ0) is 26.6. The van der Waals surface area contributed by atoms with Crippen molar-refractivity contribution in [3.8, 4) is 0 Å². The van der Waals surface area contributed by atoms with E-state index in [1.165, 1.54) is 12.2 Å². The molecule has 37 heavy (non-hydrogen) atoms. The van der Waals surface area contributed by atoms with Crippen LogP contribution >= 0.6 is 11.3 Å². The molecular weight excluding hydrogens is 503 g/mol. The summed E-state index contributed by atoms with van der Waals surface area (Å²) < 4.78 is 47.6. The summed E-state index contributed by atoms with van der Waals surface area (Å²) in [6.07, 6.45) is 0.608. The number of aliphatic hydroxyl groups is 1. The van der Waals surface area contributed by atoms with Gasteiger partial charge in [-0.25, -0.2) is 13.2 Å². The second-order valence-electron chi connectivity index (χ2n) is 12.2. The fraction of sp³-hybridized carbons (Fsp3) is 0.643. The highest BCUT2D eigenvalue weighted by molar-refractivity contribution is 7.09. The zero-order valence-corrected chi connectivity index (χ0v) is 22.0. The summed E-state index contributed by atoms with van der Waals surface area (Å²) in [5, 5.41) is 15.2. The van der Waals surface area contributed by atoms with E-state index in [-0.39, 0.29) is 18.4 Å². The van der Waals surface area contributed by atoms with E-state index in [1.54, 1.807) is 30.2 Å². The molecule has 5 nitrogen and oxygen atoms in total. The number of fused-ring (bicyclic) bond motifs is 7. The van der Waals surface area contributed by atoms with Crippen molar-refractivity contribution in [1.82, 2.24) is 5.06 Å². The molecule has 6 rings (SSSR count). The molecule has 2 heterocycles. The lowest BCUT2D eigenvalue weighted by molar-refractivity contribution is -0.288. The van der Waals surface area contributed by atoms with Crippen molar-refractivity contribution >= 4 is 22.9 Å². The van der Waals surface area contributed by atoms with Crippen LogP contribution in [0.5, 0.6) is 0 Å². The van der Waals surface area contributed by atoms with E-state index in [0.717, 1.165) is 11.0 Å². The number of alkyl halides is 3. The molecule has 0 aromatic carbocycles. The molecule has 9 atom stereocenters. The van der Waals surface area contributed by atoms with Crippen LogP contribution in [0.15, 0.2) is 41.3 Å². The smallest absolute Gasteiger partial charge is 0.198 e. The quantitative estimate of drug-likeness (QED) is 0.605. The molecule has 1 N–H and O–H groups in total. The number of ketones is 2. The van der Waals surface area contributed by atoms with Crippen LogP contribution in [0.2, 0.25) is 0 Å². The largest absolute Gasteiger partial charge is 0.390 e. The Balaban J connectivity index is 1.46. The molecule has 1 aromatic rings. The van der Waals surface area contributed by atoms with Gasteiger partial charge in [0.05, 0.1) is 12.6 Å². The average molecular weight is 536 g/mol. The number of halogens is 3. The topological polar surface area (TPSA) is 66.8 Å². The predicted molar refractivity (Wildman–Crippen MR) is 132 cm³/mol. The van der Waals surface area contributed by atoms with Gasteiger partial charge in [0.15, 0.2) is 29.5 Å². The molecule has 0 bridgehead atoms.